The minimum absolute atomic E-state index is 0.0487. The highest BCUT2D eigenvalue weighted by Crippen LogP contribution is 2.47. The molecule has 1 saturated carbocycles. The van der Waals surface area contributed by atoms with E-state index in [-0.39, 0.29) is 47.3 Å². The summed E-state index contributed by atoms with van der Waals surface area (Å²) in [5.41, 5.74) is 1.50. The number of anilines is 1. The number of aryl methyl sites for hydroxylation is 1. The van der Waals surface area contributed by atoms with Crippen LogP contribution in [0.1, 0.15) is 31.4 Å². The Bertz CT molecular complexity index is 1380. The second kappa shape index (κ2) is 10.9. The van der Waals surface area contributed by atoms with Gasteiger partial charge in [-0.2, -0.15) is 0 Å². The fourth-order valence-electron chi connectivity index (χ4n) is 5.94. The van der Waals surface area contributed by atoms with Crippen molar-refractivity contribution in [2.24, 2.45) is 5.92 Å². The first-order valence-electron chi connectivity index (χ1n) is 13.5. The van der Waals surface area contributed by atoms with E-state index in [1.165, 1.54) is 17.8 Å². The normalized spacial score (nSPS) is 27.1. The SMILES string of the molecule is C=CC(=O)N[C@H]1CCC[C@H]1NC(=O)C1=C2NC(=O)N(c3ccc(Oc4cccc(C)n4)cn3)C3CCNC(S1)C23. The second-order valence-electron chi connectivity index (χ2n) is 10.3. The molecule has 2 aromatic heterocycles. The lowest BCUT2D eigenvalue weighted by molar-refractivity contribution is -0.119. The molecule has 2 aromatic rings. The second-order valence-corrected chi connectivity index (χ2v) is 11.5. The van der Waals surface area contributed by atoms with Crippen molar-refractivity contribution in [1.29, 1.82) is 0 Å². The van der Waals surface area contributed by atoms with Gasteiger partial charge in [0.2, 0.25) is 11.8 Å². The van der Waals surface area contributed by atoms with Crippen LogP contribution in [0.4, 0.5) is 10.6 Å². The van der Waals surface area contributed by atoms with Crippen molar-refractivity contribution in [1.82, 2.24) is 31.2 Å². The number of nitrogens with one attached hydrogen (secondary N) is 4. The summed E-state index contributed by atoms with van der Waals surface area (Å²) < 4.78 is 5.82. The third-order valence-corrected chi connectivity index (χ3v) is 9.10. The van der Waals surface area contributed by atoms with Crippen molar-refractivity contribution in [3.8, 4) is 11.6 Å². The van der Waals surface area contributed by atoms with Crippen LogP contribution in [0.5, 0.6) is 11.6 Å². The summed E-state index contributed by atoms with van der Waals surface area (Å²) >= 11 is 1.45. The number of piperidine rings is 1. The number of thioether (sulfide) groups is 1. The first-order chi connectivity index (χ1) is 19.4. The van der Waals surface area contributed by atoms with E-state index in [9.17, 15) is 14.4 Å². The molecule has 4 amide bonds. The molecule has 11 nitrogen and oxygen atoms in total. The molecular formula is C28H31N7O4S. The first kappa shape index (κ1) is 26.3. The van der Waals surface area contributed by atoms with Crippen molar-refractivity contribution in [3.05, 3.63) is 65.5 Å². The summed E-state index contributed by atoms with van der Waals surface area (Å²) in [7, 11) is 0. The Morgan fingerprint density at radius 1 is 1.18 bits per heavy atom. The van der Waals surface area contributed by atoms with Gasteiger partial charge in [0.25, 0.3) is 5.91 Å². The molecule has 3 aliphatic heterocycles. The first-order valence-corrected chi connectivity index (χ1v) is 14.3. The average molecular weight is 562 g/mol. The Morgan fingerprint density at radius 3 is 2.75 bits per heavy atom. The minimum atomic E-state index is -0.316. The van der Waals surface area contributed by atoms with Crippen molar-refractivity contribution in [2.75, 3.05) is 11.4 Å². The molecule has 4 aliphatic rings. The van der Waals surface area contributed by atoms with Crippen LogP contribution in [0.25, 0.3) is 0 Å². The highest BCUT2D eigenvalue weighted by Gasteiger charge is 2.52. The van der Waals surface area contributed by atoms with Crippen molar-refractivity contribution in [2.45, 2.75) is 56.1 Å². The van der Waals surface area contributed by atoms with Gasteiger partial charge in [-0.1, -0.05) is 24.4 Å². The summed E-state index contributed by atoms with van der Waals surface area (Å²) in [6.07, 6.45) is 6.03. The maximum Gasteiger partial charge on any atom is 0.327 e. The Morgan fingerprint density at radius 2 is 2.00 bits per heavy atom. The van der Waals surface area contributed by atoms with Crippen LogP contribution in [0.3, 0.4) is 0 Å². The smallest absolute Gasteiger partial charge is 0.327 e. The van der Waals surface area contributed by atoms with Crippen LogP contribution in [-0.2, 0) is 9.59 Å². The quantitative estimate of drug-likeness (QED) is 0.379. The molecule has 6 rings (SSSR count). The monoisotopic (exact) mass is 561 g/mol. The predicted molar refractivity (Wildman–Crippen MR) is 151 cm³/mol. The third kappa shape index (κ3) is 5.04. The number of carbonyl (C=O) groups excluding carboxylic acids is 3. The van der Waals surface area contributed by atoms with E-state index in [2.05, 4.69) is 37.8 Å². The topological polar surface area (TPSA) is 138 Å². The molecule has 208 valence electrons. The molecule has 0 radical (unpaired) electrons. The highest BCUT2D eigenvalue weighted by molar-refractivity contribution is 8.04. The molecule has 40 heavy (non-hydrogen) atoms. The number of urea groups is 1. The lowest BCUT2D eigenvalue weighted by Crippen LogP contribution is -2.62. The molecule has 2 saturated heterocycles. The fourth-order valence-corrected chi connectivity index (χ4v) is 7.34. The molecule has 12 heteroatoms. The number of hydrogen-bond acceptors (Lipinski definition) is 8. The number of aromatic nitrogens is 2. The van der Waals surface area contributed by atoms with E-state index in [1.807, 2.05) is 19.1 Å². The van der Waals surface area contributed by atoms with Crippen LogP contribution in [-0.4, -0.2) is 57.9 Å². The Kier molecular flexibility index (Phi) is 7.20. The summed E-state index contributed by atoms with van der Waals surface area (Å²) in [5, 5.41) is 12.5. The molecule has 4 N–H and O–H groups in total. The van der Waals surface area contributed by atoms with E-state index in [4.69, 9.17) is 4.74 Å². The van der Waals surface area contributed by atoms with Crippen LogP contribution >= 0.6 is 11.8 Å². The van der Waals surface area contributed by atoms with Gasteiger partial charge in [-0.3, -0.25) is 14.5 Å². The fraction of sp³-hybridized carbons (Fsp3) is 0.393. The zero-order chi connectivity index (χ0) is 27.8. The average Bonchev–Trinajstić information content (AvgIpc) is 3.54. The Labute approximate surface area is 236 Å². The molecule has 3 unspecified atom stereocenters. The third-order valence-electron chi connectivity index (χ3n) is 7.75. The summed E-state index contributed by atoms with van der Waals surface area (Å²) in [4.78, 5) is 49.9. The standard InChI is InChI=1S/C28H31N7O4S/c1-3-21(36)32-17-7-5-8-18(17)33-26(37)25-24-23-19(12-13-29-27(23)40-25)35(28(38)34-24)20-11-10-16(14-30-20)39-22-9-4-6-15(2)31-22/h3-4,6,9-11,14,17-19,23,27,29H,1,5,7-8,12-13H2,2H3,(H,32,36)(H,33,37)(H,34,38)/t17-,18+,19?,23?,27?/m0/s1. The maximum atomic E-state index is 13.5. The van der Waals surface area contributed by atoms with Gasteiger partial charge in [0.15, 0.2) is 0 Å². The number of hydrogen-bond donors (Lipinski definition) is 4. The van der Waals surface area contributed by atoms with E-state index >= 15 is 0 Å². The molecular weight excluding hydrogens is 530 g/mol. The maximum absolute atomic E-state index is 13.5. The number of nitrogens with zero attached hydrogens (tertiary/aromatic N) is 3. The zero-order valence-corrected chi connectivity index (χ0v) is 22.9. The van der Waals surface area contributed by atoms with Gasteiger partial charge in [0.05, 0.1) is 22.5 Å². The number of carbonyl (C=O) groups is 3. The van der Waals surface area contributed by atoms with Crippen LogP contribution in [0.15, 0.2) is 59.8 Å². The van der Waals surface area contributed by atoms with Gasteiger partial charge in [-0.15, -0.1) is 0 Å². The lowest BCUT2D eigenvalue weighted by Gasteiger charge is -2.45. The number of pyridine rings is 2. The molecule has 0 bridgehead atoms. The van der Waals surface area contributed by atoms with Crippen molar-refractivity contribution in [3.63, 3.8) is 0 Å². The van der Waals surface area contributed by atoms with Gasteiger partial charge in [0, 0.05) is 35.5 Å². The minimum Gasteiger partial charge on any atom is -0.437 e. The predicted octanol–water partition coefficient (Wildman–Crippen LogP) is 2.71. The summed E-state index contributed by atoms with van der Waals surface area (Å²) in [6, 6.07) is 8.29. The molecule has 1 aliphatic carbocycles. The lowest BCUT2D eigenvalue weighted by atomic mass is 9.86. The summed E-state index contributed by atoms with van der Waals surface area (Å²) in [5.74, 6) is 0.946. The highest BCUT2D eigenvalue weighted by atomic mass is 32.2. The number of amides is 4. The van der Waals surface area contributed by atoms with E-state index in [0.717, 1.165) is 31.4 Å². The zero-order valence-electron chi connectivity index (χ0n) is 22.1. The van der Waals surface area contributed by atoms with Crippen molar-refractivity contribution >= 4 is 35.4 Å². The van der Waals surface area contributed by atoms with Gasteiger partial charge in [-0.05, 0) is 63.4 Å². The van der Waals surface area contributed by atoms with Gasteiger partial charge >= 0.3 is 6.03 Å². The molecule has 3 fully saturated rings. The van der Waals surface area contributed by atoms with Crippen molar-refractivity contribution < 1.29 is 19.1 Å². The van der Waals surface area contributed by atoms with Crippen LogP contribution in [0, 0.1) is 12.8 Å². The summed E-state index contributed by atoms with van der Waals surface area (Å²) in [6.45, 7) is 6.12. The molecule has 5 atom stereocenters. The molecule has 5 heterocycles. The van der Waals surface area contributed by atoms with Crippen LogP contribution in [0.2, 0.25) is 0 Å². The van der Waals surface area contributed by atoms with E-state index in [0.29, 0.717) is 34.6 Å². The number of ether oxygens (including phenoxy) is 1. The largest absolute Gasteiger partial charge is 0.437 e. The van der Waals surface area contributed by atoms with Gasteiger partial charge in [-0.25, -0.2) is 14.8 Å². The Balaban J connectivity index is 1.19. The number of rotatable bonds is 7. The Hall–Kier alpha value is -3.90. The van der Waals surface area contributed by atoms with Gasteiger partial charge in [0.1, 0.15) is 11.6 Å². The molecule has 0 aromatic carbocycles. The van der Waals surface area contributed by atoms with E-state index < -0.39 is 0 Å². The van der Waals surface area contributed by atoms with Crippen LogP contribution < -0.4 is 30.9 Å². The molecule has 0 spiro atoms. The van der Waals surface area contributed by atoms with Gasteiger partial charge < -0.3 is 26.0 Å². The van der Waals surface area contributed by atoms with E-state index in [1.54, 1.807) is 29.3 Å².